The number of hydrogen-bond acceptors (Lipinski definition) is 5. The molecule has 1 aromatic heterocycles. The minimum atomic E-state index is -0.481. The topological polar surface area (TPSA) is 83.6 Å². The van der Waals surface area contributed by atoms with Crippen molar-refractivity contribution in [2.24, 2.45) is 5.92 Å². The number of halogens is 1. The van der Waals surface area contributed by atoms with Crippen LogP contribution in [0.4, 0.5) is 4.39 Å². The van der Waals surface area contributed by atoms with Gasteiger partial charge in [-0.25, -0.2) is 4.39 Å². The third kappa shape index (κ3) is 5.58. The lowest BCUT2D eigenvalue weighted by atomic mass is 10.0. The maximum Gasteiger partial charge on any atom is 0.255 e. The maximum atomic E-state index is 13.9. The van der Waals surface area contributed by atoms with Gasteiger partial charge in [0.2, 0.25) is 5.91 Å². The molecule has 4 rings (SSSR count). The van der Waals surface area contributed by atoms with E-state index in [0.29, 0.717) is 57.8 Å². The molecular formula is C23H27FN4O3. The summed E-state index contributed by atoms with van der Waals surface area (Å²) in [6, 6.07) is 7.69. The highest BCUT2D eigenvalue weighted by molar-refractivity contribution is 5.97. The van der Waals surface area contributed by atoms with Crippen LogP contribution in [0.1, 0.15) is 35.2 Å². The third-order valence-corrected chi connectivity index (χ3v) is 5.72. The molecule has 2 amide bonds. The van der Waals surface area contributed by atoms with E-state index >= 15 is 0 Å². The number of pyridine rings is 1. The van der Waals surface area contributed by atoms with Gasteiger partial charge in [0.15, 0.2) is 0 Å². The number of nitrogens with zero attached hydrogens (tertiary/aromatic N) is 2. The average molecular weight is 426 g/mol. The van der Waals surface area contributed by atoms with Crippen molar-refractivity contribution in [1.29, 1.82) is 0 Å². The molecule has 3 heterocycles. The SMILES string of the molecule is O=C1N[C@@H]2CC[C@@H](CN(Cc3cccnc3)C2)C(=O)NCCCOc2ccc(F)cc21. The Morgan fingerprint density at radius 3 is 2.94 bits per heavy atom. The van der Waals surface area contributed by atoms with Gasteiger partial charge in [0.05, 0.1) is 18.1 Å². The van der Waals surface area contributed by atoms with Crippen LogP contribution >= 0.6 is 0 Å². The summed E-state index contributed by atoms with van der Waals surface area (Å²) in [6.45, 7) is 2.65. The lowest BCUT2D eigenvalue weighted by Gasteiger charge is -2.26. The number of carbonyl (C=O) groups excluding carboxylic acids is 2. The van der Waals surface area contributed by atoms with Crippen molar-refractivity contribution in [3.8, 4) is 5.75 Å². The molecule has 0 spiro atoms. The standard InChI is InChI=1S/C23H27FN4O3/c24-18-5-7-21-20(11-18)23(30)27-19-6-4-17(22(29)26-9-2-10-31-21)14-28(15-19)13-16-3-1-8-25-12-16/h1,3,5,7-8,11-12,17,19H,2,4,6,9-10,13-15H2,(H,26,29)(H,27,30)/t17-,19+/m0/s1. The molecule has 7 nitrogen and oxygen atoms in total. The van der Waals surface area contributed by atoms with Gasteiger partial charge in [0, 0.05) is 44.6 Å². The van der Waals surface area contributed by atoms with E-state index in [1.807, 2.05) is 18.3 Å². The van der Waals surface area contributed by atoms with Crippen molar-refractivity contribution in [3.05, 3.63) is 59.7 Å². The minimum Gasteiger partial charge on any atom is -0.493 e. The van der Waals surface area contributed by atoms with Crippen LogP contribution in [-0.4, -0.2) is 54.0 Å². The van der Waals surface area contributed by atoms with Crippen molar-refractivity contribution in [1.82, 2.24) is 20.5 Å². The molecule has 2 N–H and O–H groups in total. The Labute approximate surface area is 181 Å². The highest BCUT2D eigenvalue weighted by Crippen LogP contribution is 2.23. The summed E-state index contributed by atoms with van der Waals surface area (Å²) in [5.41, 5.74) is 1.24. The first kappa shape index (κ1) is 21.2. The average Bonchev–Trinajstić information content (AvgIpc) is 2.96. The van der Waals surface area contributed by atoms with Gasteiger partial charge in [-0.15, -0.1) is 0 Å². The second kappa shape index (κ2) is 9.87. The Hall–Kier alpha value is -3.00. The summed E-state index contributed by atoms with van der Waals surface area (Å²) in [7, 11) is 0. The number of aromatic nitrogens is 1. The summed E-state index contributed by atoms with van der Waals surface area (Å²) in [6.07, 6.45) is 5.47. The predicted octanol–water partition coefficient (Wildman–Crippen LogP) is 2.13. The highest BCUT2D eigenvalue weighted by atomic mass is 19.1. The van der Waals surface area contributed by atoms with Crippen molar-refractivity contribution in [3.63, 3.8) is 0 Å². The Kier molecular flexibility index (Phi) is 6.76. The Morgan fingerprint density at radius 2 is 2.10 bits per heavy atom. The van der Waals surface area contributed by atoms with E-state index in [1.165, 1.54) is 18.2 Å². The largest absolute Gasteiger partial charge is 0.493 e. The van der Waals surface area contributed by atoms with Gasteiger partial charge in [0.1, 0.15) is 11.6 Å². The molecule has 0 unspecified atom stereocenters. The first-order chi connectivity index (χ1) is 15.1. The second-order valence-electron chi connectivity index (χ2n) is 8.13. The Bertz CT molecular complexity index is 924. The molecule has 31 heavy (non-hydrogen) atoms. The molecule has 2 bridgehead atoms. The fourth-order valence-corrected chi connectivity index (χ4v) is 4.17. The molecule has 2 aliphatic rings. The molecule has 2 aromatic rings. The lowest BCUT2D eigenvalue weighted by molar-refractivity contribution is -0.125. The van der Waals surface area contributed by atoms with Gasteiger partial charge in [0.25, 0.3) is 5.91 Å². The lowest BCUT2D eigenvalue weighted by Crippen LogP contribution is -2.43. The van der Waals surface area contributed by atoms with Crippen LogP contribution in [0.5, 0.6) is 5.75 Å². The summed E-state index contributed by atoms with van der Waals surface area (Å²) in [4.78, 5) is 32.1. The monoisotopic (exact) mass is 426 g/mol. The predicted molar refractivity (Wildman–Crippen MR) is 113 cm³/mol. The molecule has 0 aliphatic carbocycles. The van der Waals surface area contributed by atoms with Crippen LogP contribution in [-0.2, 0) is 11.3 Å². The third-order valence-electron chi connectivity index (χ3n) is 5.72. The zero-order valence-corrected chi connectivity index (χ0v) is 17.4. The molecular weight excluding hydrogens is 399 g/mol. The van der Waals surface area contributed by atoms with E-state index in [2.05, 4.69) is 20.5 Å². The first-order valence-electron chi connectivity index (χ1n) is 10.7. The van der Waals surface area contributed by atoms with Crippen molar-refractivity contribution in [2.75, 3.05) is 26.2 Å². The number of benzene rings is 1. The molecule has 1 aromatic carbocycles. The summed E-state index contributed by atoms with van der Waals surface area (Å²) in [5, 5.41) is 6.05. The van der Waals surface area contributed by atoms with Gasteiger partial charge in [-0.3, -0.25) is 19.5 Å². The summed E-state index contributed by atoms with van der Waals surface area (Å²) < 4.78 is 19.6. The van der Waals surface area contributed by atoms with Crippen molar-refractivity contribution >= 4 is 11.8 Å². The molecule has 0 saturated carbocycles. The second-order valence-corrected chi connectivity index (χ2v) is 8.13. The van der Waals surface area contributed by atoms with Crippen LogP contribution in [0.15, 0.2) is 42.7 Å². The maximum absolute atomic E-state index is 13.9. The Balaban J connectivity index is 1.59. The molecule has 164 valence electrons. The fourth-order valence-electron chi connectivity index (χ4n) is 4.17. The zero-order chi connectivity index (χ0) is 21.6. The molecule has 1 fully saturated rings. The number of fused-ring (bicyclic) bond motifs is 4. The number of hydrogen-bond donors (Lipinski definition) is 2. The first-order valence-corrected chi connectivity index (χ1v) is 10.7. The van der Waals surface area contributed by atoms with Gasteiger partial charge < -0.3 is 15.4 Å². The number of rotatable bonds is 2. The van der Waals surface area contributed by atoms with E-state index < -0.39 is 5.82 Å². The molecule has 2 aliphatic heterocycles. The zero-order valence-electron chi connectivity index (χ0n) is 17.4. The Morgan fingerprint density at radius 1 is 1.19 bits per heavy atom. The number of likely N-dealkylation sites (tertiary alicyclic amines) is 1. The number of nitrogens with one attached hydrogen (secondary N) is 2. The smallest absolute Gasteiger partial charge is 0.255 e. The molecule has 2 atom stereocenters. The van der Waals surface area contributed by atoms with E-state index in [0.717, 1.165) is 5.56 Å². The van der Waals surface area contributed by atoms with E-state index in [1.54, 1.807) is 6.20 Å². The molecule has 8 heteroatoms. The van der Waals surface area contributed by atoms with Crippen LogP contribution in [0.3, 0.4) is 0 Å². The highest BCUT2D eigenvalue weighted by Gasteiger charge is 2.30. The normalized spacial score (nSPS) is 23.0. The van der Waals surface area contributed by atoms with Crippen LogP contribution < -0.4 is 15.4 Å². The quantitative estimate of drug-likeness (QED) is 0.769. The van der Waals surface area contributed by atoms with Crippen LogP contribution in [0, 0.1) is 11.7 Å². The minimum absolute atomic E-state index is 0.0303. The fraction of sp³-hybridized carbons (Fsp3) is 0.435. The van der Waals surface area contributed by atoms with Crippen molar-refractivity contribution < 1.29 is 18.7 Å². The van der Waals surface area contributed by atoms with E-state index in [-0.39, 0.29) is 29.3 Å². The van der Waals surface area contributed by atoms with Gasteiger partial charge in [-0.2, -0.15) is 0 Å². The van der Waals surface area contributed by atoms with Crippen LogP contribution in [0.25, 0.3) is 0 Å². The number of ether oxygens (including phenoxy) is 1. The van der Waals surface area contributed by atoms with Gasteiger partial charge in [-0.05, 0) is 49.1 Å². The van der Waals surface area contributed by atoms with Gasteiger partial charge in [-0.1, -0.05) is 6.07 Å². The molecule has 0 radical (unpaired) electrons. The number of amides is 2. The number of carbonyl (C=O) groups is 2. The van der Waals surface area contributed by atoms with E-state index in [4.69, 9.17) is 4.74 Å². The molecule has 1 saturated heterocycles. The van der Waals surface area contributed by atoms with Crippen molar-refractivity contribution in [2.45, 2.75) is 31.8 Å². The van der Waals surface area contributed by atoms with E-state index in [9.17, 15) is 14.0 Å². The summed E-state index contributed by atoms with van der Waals surface area (Å²) in [5.74, 6) is -0.623. The summed E-state index contributed by atoms with van der Waals surface area (Å²) >= 11 is 0. The van der Waals surface area contributed by atoms with Crippen LogP contribution in [0.2, 0.25) is 0 Å². The van der Waals surface area contributed by atoms with Gasteiger partial charge >= 0.3 is 0 Å².